The van der Waals surface area contributed by atoms with Crippen LogP contribution < -0.4 is 0 Å². The van der Waals surface area contributed by atoms with Crippen LogP contribution in [0.25, 0.3) is 0 Å². The quantitative estimate of drug-likeness (QED) is 0.441. The van der Waals surface area contributed by atoms with E-state index in [1.807, 2.05) is 0 Å². The van der Waals surface area contributed by atoms with Gasteiger partial charge in [0.05, 0.1) is 0 Å². The van der Waals surface area contributed by atoms with Crippen LogP contribution in [0.5, 0.6) is 0 Å². The fourth-order valence-electron chi connectivity index (χ4n) is 7.90. The van der Waals surface area contributed by atoms with E-state index in [1.54, 1.807) is 11.1 Å². The monoisotopic (exact) mass is 366 g/mol. The minimum Gasteiger partial charge on any atom is -0.0996 e. The summed E-state index contributed by atoms with van der Waals surface area (Å²) >= 11 is 0. The van der Waals surface area contributed by atoms with E-state index in [1.165, 1.54) is 56.9 Å². The second kappa shape index (κ2) is 6.93. The highest BCUT2D eigenvalue weighted by Gasteiger charge is 2.57. The number of allylic oxidation sites excluding steroid dienone is 5. The van der Waals surface area contributed by atoms with Crippen molar-refractivity contribution in [1.82, 2.24) is 0 Å². The van der Waals surface area contributed by atoms with Crippen molar-refractivity contribution in [1.29, 1.82) is 0 Å². The van der Waals surface area contributed by atoms with Gasteiger partial charge in [-0.3, -0.25) is 0 Å². The van der Waals surface area contributed by atoms with Crippen LogP contribution >= 0.6 is 0 Å². The summed E-state index contributed by atoms with van der Waals surface area (Å²) in [5.74, 6) is 4.47. The molecule has 2 saturated carbocycles. The van der Waals surface area contributed by atoms with E-state index in [4.69, 9.17) is 0 Å². The van der Waals surface area contributed by atoms with E-state index in [-0.39, 0.29) is 0 Å². The zero-order valence-electron chi connectivity index (χ0n) is 18.6. The highest BCUT2D eigenvalue weighted by Crippen LogP contribution is 2.66. The summed E-state index contributed by atoms with van der Waals surface area (Å²) in [5, 5.41) is 0. The standard InChI is InChI=1S/C27H42/c1-7-19(3)20(4)17-22-9-11-24-23-10-8-21-16-18(2)12-14-26(21,5)25(23)13-15-27(22,24)6/h8,16,20,22-25H,3,7,9-15,17H2,1-2,4-6H3/t20?,22-,23?,24?,25?,26?,27?/m0/s1. The summed E-state index contributed by atoms with van der Waals surface area (Å²) in [4.78, 5) is 0. The lowest BCUT2D eigenvalue weighted by Crippen LogP contribution is -2.49. The topological polar surface area (TPSA) is 0 Å². The molecule has 4 aliphatic rings. The van der Waals surface area contributed by atoms with Crippen molar-refractivity contribution in [2.24, 2.45) is 40.4 Å². The van der Waals surface area contributed by atoms with Gasteiger partial charge < -0.3 is 0 Å². The minimum absolute atomic E-state index is 0.464. The molecule has 0 heterocycles. The third-order valence-corrected chi connectivity index (χ3v) is 9.95. The Morgan fingerprint density at radius 3 is 2.70 bits per heavy atom. The first-order valence-electron chi connectivity index (χ1n) is 11.8. The number of rotatable bonds is 4. The smallest absolute Gasteiger partial charge is 0.00443 e. The Morgan fingerprint density at radius 2 is 1.96 bits per heavy atom. The van der Waals surface area contributed by atoms with Gasteiger partial charge in [0.2, 0.25) is 0 Å². The van der Waals surface area contributed by atoms with E-state index in [0.29, 0.717) is 16.7 Å². The van der Waals surface area contributed by atoms with Gasteiger partial charge >= 0.3 is 0 Å². The lowest BCUT2D eigenvalue weighted by molar-refractivity contribution is -0.0384. The minimum atomic E-state index is 0.464. The molecule has 4 rings (SSSR count). The van der Waals surface area contributed by atoms with Crippen molar-refractivity contribution in [2.45, 2.75) is 92.4 Å². The molecule has 4 aliphatic carbocycles. The van der Waals surface area contributed by atoms with Crippen molar-refractivity contribution >= 4 is 0 Å². The Hall–Kier alpha value is -0.780. The third kappa shape index (κ3) is 3.01. The summed E-state index contributed by atoms with van der Waals surface area (Å²) in [6.07, 6.45) is 17.7. The third-order valence-electron chi connectivity index (χ3n) is 9.95. The first-order chi connectivity index (χ1) is 12.8. The zero-order chi connectivity index (χ0) is 19.4. The molecule has 0 heteroatoms. The molecule has 150 valence electrons. The van der Waals surface area contributed by atoms with E-state index >= 15 is 0 Å². The molecular weight excluding hydrogens is 324 g/mol. The maximum absolute atomic E-state index is 4.35. The van der Waals surface area contributed by atoms with Crippen LogP contribution in [0, 0.1) is 40.4 Å². The van der Waals surface area contributed by atoms with Gasteiger partial charge in [-0.05, 0) is 111 Å². The molecule has 0 N–H and O–H groups in total. The molecule has 0 amide bonds. The van der Waals surface area contributed by atoms with Gasteiger partial charge in [-0.2, -0.15) is 0 Å². The van der Waals surface area contributed by atoms with Crippen LogP contribution in [0.3, 0.4) is 0 Å². The molecule has 2 fully saturated rings. The van der Waals surface area contributed by atoms with Crippen LogP contribution in [-0.2, 0) is 0 Å². The first kappa shape index (κ1) is 19.5. The average Bonchev–Trinajstić information content (AvgIpc) is 2.98. The Bertz CT molecular complexity index is 664. The summed E-state index contributed by atoms with van der Waals surface area (Å²) in [5.41, 5.74) is 5.82. The highest BCUT2D eigenvalue weighted by molar-refractivity contribution is 5.36. The lowest BCUT2D eigenvalue weighted by Gasteiger charge is -2.57. The molecule has 0 saturated heterocycles. The normalized spacial score (nSPS) is 44.5. The van der Waals surface area contributed by atoms with E-state index in [9.17, 15) is 0 Å². The molecule has 27 heavy (non-hydrogen) atoms. The fourth-order valence-corrected chi connectivity index (χ4v) is 7.90. The molecule has 0 bridgehead atoms. The fraction of sp³-hybridized carbons (Fsp3) is 0.778. The first-order valence-corrected chi connectivity index (χ1v) is 11.8. The van der Waals surface area contributed by atoms with Gasteiger partial charge in [0.1, 0.15) is 0 Å². The van der Waals surface area contributed by atoms with E-state index in [0.717, 1.165) is 30.1 Å². The molecule has 0 nitrogen and oxygen atoms in total. The number of hydrogen-bond acceptors (Lipinski definition) is 0. The Morgan fingerprint density at radius 1 is 1.19 bits per heavy atom. The summed E-state index contributed by atoms with van der Waals surface area (Å²) in [6.45, 7) is 16.7. The van der Waals surface area contributed by atoms with Crippen molar-refractivity contribution in [3.8, 4) is 0 Å². The van der Waals surface area contributed by atoms with Gasteiger partial charge in [-0.1, -0.05) is 57.6 Å². The molecule has 7 atom stereocenters. The van der Waals surface area contributed by atoms with Gasteiger partial charge in [-0.25, -0.2) is 0 Å². The van der Waals surface area contributed by atoms with Crippen LogP contribution in [0.1, 0.15) is 92.4 Å². The second-order valence-corrected chi connectivity index (χ2v) is 11.1. The molecule has 6 unspecified atom stereocenters. The predicted octanol–water partition coefficient (Wildman–Crippen LogP) is 8.11. The van der Waals surface area contributed by atoms with Crippen molar-refractivity contribution < 1.29 is 0 Å². The molecule has 0 radical (unpaired) electrons. The highest BCUT2D eigenvalue weighted by atomic mass is 14.6. The Labute approximate surface area is 168 Å². The molecule has 0 aromatic carbocycles. The van der Waals surface area contributed by atoms with Crippen molar-refractivity contribution in [2.75, 3.05) is 0 Å². The summed E-state index contributed by atoms with van der Waals surface area (Å²) in [7, 11) is 0. The van der Waals surface area contributed by atoms with Crippen LogP contribution in [0.4, 0.5) is 0 Å². The van der Waals surface area contributed by atoms with Gasteiger partial charge in [-0.15, -0.1) is 0 Å². The maximum Gasteiger partial charge on any atom is -0.00443 e. The van der Waals surface area contributed by atoms with Gasteiger partial charge in [0, 0.05) is 0 Å². The van der Waals surface area contributed by atoms with Crippen molar-refractivity contribution in [3.63, 3.8) is 0 Å². The zero-order valence-corrected chi connectivity index (χ0v) is 18.6. The predicted molar refractivity (Wildman–Crippen MR) is 118 cm³/mol. The number of hydrogen-bond donors (Lipinski definition) is 0. The second-order valence-electron chi connectivity index (χ2n) is 11.1. The van der Waals surface area contributed by atoms with Crippen LogP contribution in [-0.4, -0.2) is 0 Å². The lowest BCUT2D eigenvalue weighted by atomic mass is 9.47. The van der Waals surface area contributed by atoms with Gasteiger partial charge in [0.15, 0.2) is 0 Å². The Kier molecular flexibility index (Phi) is 5.01. The summed E-state index contributed by atoms with van der Waals surface area (Å²) in [6, 6.07) is 0. The van der Waals surface area contributed by atoms with Crippen LogP contribution in [0.2, 0.25) is 0 Å². The average molecular weight is 367 g/mol. The number of fused-ring (bicyclic) bond motifs is 5. The largest absolute Gasteiger partial charge is 0.0996 e. The SMILES string of the molecule is C=C(CC)C(C)C[C@@H]1CCC2C3CC=C4C=C(C)CCC4(C)C3CCC21C. The molecular formula is C27H42. The molecule has 0 aromatic rings. The summed E-state index contributed by atoms with van der Waals surface area (Å²) < 4.78 is 0. The molecule has 0 aliphatic heterocycles. The van der Waals surface area contributed by atoms with Crippen LogP contribution in [0.15, 0.2) is 35.5 Å². The molecule has 0 aromatic heterocycles. The molecule has 0 spiro atoms. The maximum atomic E-state index is 4.35. The Balaban J connectivity index is 1.56. The van der Waals surface area contributed by atoms with E-state index in [2.05, 4.69) is 53.3 Å². The van der Waals surface area contributed by atoms with Crippen molar-refractivity contribution in [3.05, 3.63) is 35.5 Å². The van der Waals surface area contributed by atoms with E-state index < -0.39 is 0 Å². The van der Waals surface area contributed by atoms with Gasteiger partial charge in [0.25, 0.3) is 0 Å².